The van der Waals surface area contributed by atoms with Crippen molar-refractivity contribution in [3.8, 4) is 39.8 Å². The minimum atomic E-state index is 0.315. The molecule has 0 aliphatic carbocycles. The highest BCUT2D eigenvalue weighted by Crippen LogP contribution is 2.43. The molecule has 8 heteroatoms. The zero-order valence-electron chi connectivity index (χ0n) is 15.6. The van der Waals surface area contributed by atoms with Gasteiger partial charge in [-0.15, -0.1) is 0 Å². The summed E-state index contributed by atoms with van der Waals surface area (Å²) in [7, 11) is 4.73. The first-order chi connectivity index (χ1) is 13.7. The van der Waals surface area contributed by atoms with Gasteiger partial charge in [-0.1, -0.05) is 0 Å². The summed E-state index contributed by atoms with van der Waals surface area (Å²) >= 11 is 0. The molecule has 28 heavy (non-hydrogen) atoms. The quantitative estimate of drug-likeness (QED) is 0.562. The zero-order valence-corrected chi connectivity index (χ0v) is 15.6. The molecule has 0 saturated carbocycles. The molecule has 142 valence electrons. The van der Waals surface area contributed by atoms with Gasteiger partial charge in [0.2, 0.25) is 0 Å². The van der Waals surface area contributed by atoms with Gasteiger partial charge in [0.25, 0.3) is 0 Å². The lowest BCUT2D eigenvalue weighted by atomic mass is 9.99. The first-order valence-electron chi connectivity index (χ1n) is 8.41. The summed E-state index contributed by atoms with van der Waals surface area (Å²) in [5.41, 5.74) is 8.72. The van der Waals surface area contributed by atoms with Gasteiger partial charge in [0.05, 0.1) is 33.0 Å². The first kappa shape index (κ1) is 17.6. The molecule has 0 saturated heterocycles. The van der Waals surface area contributed by atoms with Crippen molar-refractivity contribution in [3.63, 3.8) is 0 Å². The number of anilines is 1. The average Bonchev–Trinajstić information content (AvgIpc) is 3.27. The van der Waals surface area contributed by atoms with Gasteiger partial charge < -0.3 is 24.4 Å². The molecule has 0 aliphatic heterocycles. The number of furan rings is 1. The van der Waals surface area contributed by atoms with E-state index in [1.54, 1.807) is 39.7 Å². The molecule has 0 bridgehead atoms. The van der Waals surface area contributed by atoms with Crippen LogP contribution in [0.3, 0.4) is 0 Å². The number of aromatic nitrogens is 3. The predicted octanol–water partition coefficient (Wildman–Crippen LogP) is 3.56. The Morgan fingerprint density at radius 2 is 1.64 bits per heavy atom. The number of ether oxygens (including phenoxy) is 3. The summed E-state index contributed by atoms with van der Waals surface area (Å²) < 4.78 is 22.0. The van der Waals surface area contributed by atoms with E-state index in [1.165, 1.54) is 6.33 Å². The Balaban J connectivity index is 2.08. The number of hydrogen-bond acceptors (Lipinski definition) is 8. The summed E-state index contributed by atoms with van der Waals surface area (Å²) in [6.45, 7) is 0. The molecule has 3 heterocycles. The normalized spacial score (nSPS) is 10.8. The van der Waals surface area contributed by atoms with Crippen molar-refractivity contribution in [2.75, 3.05) is 27.1 Å². The molecular weight excluding hydrogens is 360 g/mol. The Morgan fingerprint density at radius 3 is 2.32 bits per heavy atom. The standard InChI is InChI=1S/C20H18N4O4/c1-25-15-9-17(27-3)16(26-2)8-11(15)12-7-13(14-5-4-6-28-14)24-20-18(12)19(21)22-10-23-20/h4-10H,1-3H3,(H2,21,22,23,24). The van der Waals surface area contributed by atoms with Gasteiger partial charge in [0.15, 0.2) is 22.9 Å². The number of nitrogens with zero attached hydrogens (tertiary/aromatic N) is 3. The molecular formula is C20H18N4O4. The molecule has 0 unspecified atom stereocenters. The highest BCUT2D eigenvalue weighted by Gasteiger charge is 2.20. The van der Waals surface area contributed by atoms with Crippen LogP contribution < -0.4 is 19.9 Å². The molecule has 0 radical (unpaired) electrons. The lowest BCUT2D eigenvalue weighted by Crippen LogP contribution is -2.00. The van der Waals surface area contributed by atoms with Gasteiger partial charge in [-0.2, -0.15) is 0 Å². The molecule has 0 fully saturated rings. The Labute approximate surface area is 160 Å². The third-order valence-electron chi connectivity index (χ3n) is 4.40. The molecule has 0 aliphatic rings. The van der Waals surface area contributed by atoms with Gasteiger partial charge in [-0.3, -0.25) is 0 Å². The van der Waals surface area contributed by atoms with E-state index in [1.807, 2.05) is 18.2 Å². The minimum Gasteiger partial charge on any atom is -0.496 e. The fraction of sp³-hybridized carbons (Fsp3) is 0.150. The average molecular weight is 378 g/mol. The van der Waals surface area contributed by atoms with Crippen molar-refractivity contribution in [2.45, 2.75) is 0 Å². The number of rotatable bonds is 5. The largest absolute Gasteiger partial charge is 0.496 e. The van der Waals surface area contributed by atoms with E-state index >= 15 is 0 Å². The van der Waals surface area contributed by atoms with Crippen LogP contribution in [-0.2, 0) is 0 Å². The molecule has 0 spiro atoms. The van der Waals surface area contributed by atoms with Crippen molar-refractivity contribution in [1.29, 1.82) is 0 Å². The van der Waals surface area contributed by atoms with Crippen LogP contribution in [0.2, 0.25) is 0 Å². The number of pyridine rings is 1. The second-order valence-electron chi connectivity index (χ2n) is 5.90. The van der Waals surface area contributed by atoms with Gasteiger partial charge in [0.1, 0.15) is 23.6 Å². The molecule has 2 N–H and O–H groups in total. The number of methoxy groups -OCH3 is 3. The summed E-state index contributed by atoms with van der Waals surface area (Å²) in [5, 5.41) is 0.614. The third kappa shape index (κ3) is 2.84. The SMILES string of the molecule is COc1cc(OC)c(-c2cc(-c3ccco3)nc3ncnc(N)c23)cc1OC. The fourth-order valence-corrected chi connectivity index (χ4v) is 3.09. The molecule has 0 amide bonds. The maximum Gasteiger partial charge on any atom is 0.166 e. The number of hydrogen-bond donors (Lipinski definition) is 1. The summed E-state index contributed by atoms with van der Waals surface area (Å²) in [6.07, 6.45) is 2.97. The third-order valence-corrected chi connectivity index (χ3v) is 4.40. The summed E-state index contributed by atoms with van der Waals surface area (Å²) in [6, 6.07) is 9.07. The zero-order chi connectivity index (χ0) is 19.7. The molecule has 4 rings (SSSR count). The van der Waals surface area contributed by atoms with Crippen molar-refractivity contribution in [2.24, 2.45) is 0 Å². The van der Waals surface area contributed by atoms with Gasteiger partial charge in [0, 0.05) is 17.2 Å². The lowest BCUT2D eigenvalue weighted by molar-refractivity contribution is 0.349. The van der Waals surface area contributed by atoms with E-state index in [0.717, 1.165) is 11.1 Å². The fourth-order valence-electron chi connectivity index (χ4n) is 3.09. The van der Waals surface area contributed by atoms with Crippen LogP contribution >= 0.6 is 0 Å². The van der Waals surface area contributed by atoms with Crippen molar-refractivity contribution in [1.82, 2.24) is 15.0 Å². The van der Waals surface area contributed by atoms with Crippen molar-refractivity contribution in [3.05, 3.63) is 42.9 Å². The van der Waals surface area contributed by atoms with Crippen LogP contribution in [0.15, 0.2) is 47.3 Å². The number of nitrogen functional groups attached to an aromatic ring is 1. The van der Waals surface area contributed by atoms with Gasteiger partial charge >= 0.3 is 0 Å². The van der Waals surface area contributed by atoms with Crippen molar-refractivity contribution < 1.29 is 18.6 Å². The minimum absolute atomic E-state index is 0.315. The van der Waals surface area contributed by atoms with Gasteiger partial charge in [-0.05, 0) is 24.3 Å². The van der Waals surface area contributed by atoms with Gasteiger partial charge in [-0.25, -0.2) is 15.0 Å². The highest BCUT2D eigenvalue weighted by atomic mass is 16.5. The molecule has 3 aromatic heterocycles. The van der Waals surface area contributed by atoms with Crippen LogP contribution in [0.4, 0.5) is 5.82 Å². The van der Waals surface area contributed by atoms with Crippen LogP contribution in [0.5, 0.6) is 17.2 Å². The second kappa shape index (κ2) is 7.07. The smallest absolute Gasteiger partial charge is 0.166 e. The van der Waals surface area contributed by atoms with Crippen molar-refractivity contribution >= 4 is 16.9 Å². The Morgan fingerprint density at radius 1 is 0.893 bits per heavy atom. The molecule has 4 aromatic rings. The Kier molecular flexibility index (Phi) is 4.44. The Bertz CT molecular complexity index is 1140. The summed E-state index contributed by atoms with van der Waals surface area (Å²) in [5.74, 6) is 2.61. The monoisotopic (exact) mass is 378 g/mol. The highest BCUT2D eigenvalue weighted by molar-refractivity contribution is 6.02. The van der Waals surface area contributed by atoms with Crippen LogP contribution in [0, 0.1) is 0 Å². The van der Waals surface area contributed by atoms with Crippen LogP contribution in [-0.4, -0.2) is 36.3 Å². The number of fused-ring (bicyclic) bond motifs is 1. The predicted molar refractivity (Wildman–Crippen MR) is 105 cm³/mol. The Hall–Kier alpha value is -3.81. The number of benzene rings is 1. The molecule has 0 atom stereocenters. The van der Waals surface area contributed by atoms with E-state index in [4.69, 9.17) is 24.4 Å². The molecule has 8 nitrogen and oxygen atoms in total. The lowest BCUT2D eigenvalue weighted by Gasteiger charge is -2.16. The van der Waals surface area contributed by atoms with E-state index < -0.39 is 0 Å². The van der Waals surface area contributed by atoms with Crippen LogP contribution in [0.1, 0.15) is 0 Å². The first-order valence-corrected chi connectivity index (χ1v) is 8.41. The van der Waals surface area contributed by atoms with E-state index in [2.05, 4.69) is 15.0 Å². The van der Waals surface area contributed by atoms with E-state index in [-0.39, 0.29) is 0 Å². The van der Waals surface area contributed by atoms with Crippen LogP contribution in [0.25, 0.3) is 33.6 Å². The van der Waals surface area contributed by atoms with E-state index in [9.17, 15) is 0 Å². The summed E-state index contributed by atoms with van der Waals surface area (Å²) in [4.78, 5) is 13.0. The van der Waals surface area contributed by atoms with E-state index in [0.29, 0.717) is 45.6 Å². The molecule has 1 aromatic carbocycles. The second-order valence-corrected chi connectivity index (χ2v) is 5.90. The number of nitrogens with two attached hydrogens (primary N) is 1. The topological polar surface area (TPSA) is 106 Å². The maximum atomic E-state index is 6.17. The maximum absolute atomic E-state index is 6.17.